The molecule has 1 unspecified atom stereocenters. The minimum atomic E-state index is -0.322. The highest BCUT2D eigenvalue weighted by Crippen LogP contribution is 2.37. The zero-order valence-corrected chi connectivity index (χ0v) is 14.1. The molecule has 24 heavy (non-hydrogen) atoms. The largest absolute Gasteiger partial charge is 0.377 e. The normalized spacial score (nSPS) is 23.5. The molecule has 2 aliphatic rings. The van der Waals surface area contributed by atoms with Gasteiger partial charge < -0.3 is 15.0 Å². The molecule has 1 aromatic carbocycles. The summed E-state index contributed by atoms with van der Waals surface area (Å²) in [5, 5.41) is 2.95. The van der Waals surface area contributed by atoms with Crippen molar-refractivity contribution in [1.29, 1.82) is 0 Å². The number of hydrogen-bond acceptors (Lipinski definition) is 3. The zero-order valence-electron chi connectivity index (χ0n) is 14.1. The molecular weight excluding hydrogens is 304 g/mol. The van der Waals surface area contributed by atoms with E-state index in [4.69, 9.17) is 4.74 Å². The van der Waals surface area contributed by atoms with Crippen LogP contribution in [0.5, 0.6) is 0 Å². The molecule has 2 aliphatic heterocycles. The summed E-state index contributed by atoms with van der Waals surface area (Å²) in [7, 11) is 0. The third-order valence-electron chi connectivity index (χ3n) is 5.10. The topological polar surface area (TPSA) is 58.6 Å². The summed E-state index contributed by atoms with van der Waals surface area (Å²) in [6.07, 6.45) is 3.94. The van der Waals surface area contributed by atoms with Crippen molar-refractivity contribution in [3.8, 4) is 0 Å². The van der Waals surface area contributed by atoms with Crippen molar-refractivity contribution in [2.24, 2.45) is 5.41 Å². The average Bonchev–Trinajstić information content (AvgIpc) is 3.03. The predicted octanol–water partition coefficient (Wildman–Crippen LogP) is 2.11. The molecule has 0 saturated carbocycles. The van der Waals surface area contributed by atoms with Crippen molar-refractivity contribution in [2.75, 3.05) is 26.2 Å². The molecule has 5 heteroatoms. The Hall–Kier alpha value is -1.88. The predicted molar refractivity (Wildman–Crippen MR) is 91.2 cm³/mol. The summed E-state index contributed by atoms with van der Waals surface area (Å²) in [4.78, 5) is 26.4. The number of amides is 2. The molecule has 2 amide bonds. The van der Waals surface area contributed by atoms with Crippen LogP contribution in [0.1, 0.15) is 37.7 Å². The first-order valence-electron chi connectivity index (χ1n) is 8.87. The van der Waals surface area contributed by atoms with Crippen molar-refractivity contribution in [3.63, 3.8) is 0 Å². The second-order valence-electron chi connectivity index (χ2n) is 6.85. The second kappa shape index (κ2) is 7.79. The molecule has 2 fully saturated rings. The van der Waals surface area contributed by atoms with Gasteiger partial charge in [-0.05, 0) is 31.2 Å². The highest BCUT2D eigenvalue weighted by atomic mass is 16.5. The first kappa shape index (κ1) is 17.0. The van der Waals surface area contributed by atoms with Gasteiger partial charge in [0.2, 0.25) is 11.8 Å². The monoisotopic (exact) mass is 330 g/mol. The summed E-state index contributed by atoms with van der Waals surface area (Å²) >= 11 is 0. The number of nitrogens with zero attached hydrogens (tertiary/aromatic N) is 1. The molecular formula is C19H26N2O3. The lowest BCUT2D eigenvalue weighted by Crippen LogP contribution is -2.47. The maximum absolute atomic E-state index is 12.3. The van der Waals surface area contributed by atoms with Crippen LogP contribution in [0.2, 0.25) is 0 Å². The van der Waals surface area contributed by atoms with Gasteiger partial charge in [0, 0.05) is 32.7 Å². The summed E-state index contributed by atoms with van der Waals surface area (Å²) in [5.74, 6) is 0.281. The Balaban J connectivity index is 1.36. The van der Waals surface area contributed by atoms with Crippen LogP contribution in [0.25, 0.3) is 0 Å². The molecule has 1 atom stereocenters. The fourth-order valence-corrected chi connectivity index (χ4v) is 3.65. The fourth-order valence-electron chi connectivity index (χ4n) is 3.65. The van der Waals surface area contributed by atoms with Crippen LogP contribution in [0, 0.1) is 5.41 Å². The molecule has 1 spiro atoms. The van der Waals surface area contributed by atoms with Gasteiger partial charge in [-0.15, -0.1) is 0 Å². The van der Waals surface area contributed by atoms with Crippen LogP contribution in [0.3, 0.4) is 0 Å². The Morgan fingerprint density at radius 2 is 2.08 bits per heavy atom. The summed E-state index contributed by atoms with van der Waals surface area (Å²) < 4.78 is 5.62. The van der Waals surface area contributed by atoms with Gasteiger partial charge >= 0.3 is 0 Å². The number of likely N-dealkylation sites (tertiary alicyclic amines) is 1. The van der Waals surface area contributed by atoms with Crippen LogP contribution in [-0.2, 0) is 20.9 Å². The molecule has 5 nitrogen and oxygen atoms in total. The van der Waals surface area contributed by atoms with Crippen molar-refractivity contribution in [3.05, 3.63) is 35.9 Å². The lowest BCUT2D eigenvalue weighted by molar-refractivity contribution is -0.135. The molecule has 0 aromatic heterocycles. The summed E-state index contributed by atoms with van der Waals surface area (Å²) in [6.45, 7) is 3.23. The molecule has 3 rings (SSSR count). The van der Waals surface area contributed by atoms with Crippen LogP contribution in [-0.4, -0.2) is 43.0 Å². The minimum absolute atomic E-state index is 0.134. The van der Waals surface area contributed by atoms with Gasteiger partial charge in [0.15, 0.2) is 0 Å². The van der Waals surface area contributed by atoms with E-state index >= 15 is 0 Å². The van der Waals surface area contributed by atoms with Crippen molar-refractivity contribution in [1.82, 2.24) is 10.2 Å². The standard InChI is InChI=1S/C19H26N2O3/c22-17(8-4-13-24-14-16-6-2-1-3-7-16)21-12-10-19(15-21)9-5-11-20-18(19)23/h1-3,6-7H,4-5,8-15H2,(H,20,23). The van der Waals surface area contributed by atoms with E-state index in [9.17, 15) is 9.59 Å². The highest BCUT2D eigenvalue weighted by molar-refractivity contribution is 5.85. The van der Waals surface area contributed by atoms with E-state index in [-0.39, 0.29) is 17.2 Å². The minimum Gasteiger partial charge on any atom is -0.377 e. The number of nitrogens with one attached hydrogen (secondary N) is 1. The molecule has 0 bridgehead atoms. The van der Waals surface area contributed by atoms with E-state index in [1.54, 1.807) is 0 Å². The first-order valence-corrected chi connectivity index (χ1v) is 8.87. The molecule has 0 radical (unpaired) electrons. The van der Waals surface area contributed by atoms with E-state index in [2.05, 4.69) is 5.32 Å². The Bertz CT molecular complexity index is 575. The van der Waals surface area contributed by atoms with E-state index in [1.165, 1.54) is 0 Å². The highest BCUT2D eigenvalue weighted by Gasteiger charge is 2.46. The third-order valence-corrected chi connectivity index (χ3v) is 5.10. The maximum atomic E-state index is 12.3. The van der Waals surface area contributed by atoms with Crippen LogP contribution < -0.4 is 5.32 Å². The average molecular weight is 330 g/mol. The van der Waals surface area contributed by atoms with E-state index < -0.39 is 0 Å². The molecule has 1 N–H and O–H groups in total. The van der Waals surface area contributed by atoms with Gasteiger partial charge in [-0.2, -0.15) is 0 Å². The third kappa shape index (κ3) is 3.96. The quantitative estimate of drug-likeness (QED) is 0.813. The lowest BCUT2D eigenvalue weighted by atomic mass is 9.79. The van der Waals surface area contributed by atoms with Crippen LogP contribution in [0.15, 0.2) is 30.3 Å². The fraction of sp³-hybridized carbons (Fsp3) is 0.579. The van der Waals surface area contributed by atoms with Gasteiger partial charge in [0.1, 0.15) is 0 Å². The Kier molecular flexibility index (Phi) is 5.51. The van der Waals surface area contributed by atoms with E-state index in [0.717, 1.165) is 37.8 Å². The second-order valence-corrected chi connectivity index (χ2v) is 6.85. The zero-order chi connectivity index (χ0) is 16.8. The van der Waals surface area contributed by atoms with Gasteiger partial charge in [-0.3, -0.25) is 9.59 Å². The number of piperidine rings is 1. The van der Waals surface area contributed by atoms with E-state index in [0.29, 0.717) is 32.7 Å². The molecule has 130 valence electrons. The van der Waals surface area contributed by atoms with Crippen molar-refractivity contribution < 1.29 is 14.3 Å². The number of ether oxygens (including phenoxy) is 1. The molecule has 2 heterocycles. The summed E-state index contributed by atoms with van der Waals surface area (Å²) in [6, 6.07) is 10.0. The number of carbonyl (C=O) groups is 2. The van der Waals surface area contributed by atoms with Gasteiger partial charge in [-0.25, -0.2) is 0 Å². The number of carbonyl (C=O) groups excluding carboxylic acids is 2. The Morgan fingerprint density at radius 3 is 2.88 bits per heavy atom. The van der Waals surface area contributed by atoms with Crippen molar-refractivity contribution >= 4 is 11.8 Å². The number of hydrogen-bond donors (Lipinski definition) is 1. The first-order chi connectivity index (χ1) is 11.7. The van der Waals surface area contributed by atoms with Crippen molar-refractivity contribution in [2.45, 2.75) is 38.7 Å². The summed E-state index contributed by atoms with van der Waals surface area (Å²) in [5.41, 5.74) is 0.825. The van der Waals surface area contributed by atoms with Gasteiger partial charge in [-0.1, -0.05) is 30.3 Å². The molecule has 2 saturated heterocycles. The lowest BCUT2D eigenvalue weighted by Gasteiger charge is -2.32. The number of rotatable bonds is 6. The van der Waals surface area contributed by atoms with Crippen LogP contribution >= 0.6 is 0 Å². The Labute approximate surface area is 143 Å². The Morgan fingerprint density at radius 1 is 1.25 bits per heavy atom. The SMILES string of the molecule is O=C(CCCOCc1ccccc1)N1CCC2(CCCNC2=O)C1. The van der Waals surface area contributed by atoms with Gasteiger partial charge in [0.25, 0.3) is 0 Å². The molecule has 1 aromatic rings. The van der Waals surface area contributed by atoms with Crippen LogP contribution in [0.4, 0.5) is 0 Å². The van der Waals surface area contributed by atoms with Gasteiger partial charge in [0.05, 0.1) is 12.0 Å². The smallest absolute Gasteiger partial charge is 0.228 e. The number of benzene rings is 1. The van der Waals surface area contributed by atoms with E-state index in [1.807, 2.05) is 35.2 Å². The maximum Gasteiger partial charge on any atom is 0.228 e. The molecule has 0 aliphatic carbocycles.